The Balaban J connectivity index is 2.56. The summed E-state index contributed by atoms with van der Waals surface area (Å²) in [6, 6.07) is 7.75. The zero-order chi connectivity index (χ0) is 12.4. The Kier molecular flexibility index (Phi) is 3.29. The molecule has 1 heterocycles. The van der Waals surface area contributed by atoms with Crippen molar-refractivity contribution in [2.75, 3.05) is 6.61 Å². The van der Waals surface area contributed by atoms with Crippen molar-refractivity contribution in [2.24, 2.45) is 0 Å². The highest BCUT2D eigenvalue weighted by Crippen LogP contribution is 2.25. The van der Waals surface area contributed by atoms with Gasteiger partial charge in [-0.15, -0.1) is 0 Å². The van der Waals surface area contributed by atoms with Gasteiger partial charge in [-0.05, 0) is 50.6 Å². The number of hydrogen-bond acceptors (Lipinski definition) is 3. The number of nitrogens with zero attached hydrogens (tertiary/aromatic N) is 1. The van der Waals surface area contributed by atoms with Crippen LogP contribution in [0.3, 0.4) is 0 Å². The molecule has 0 fully saturated rings. The van der Waals surface area contributed by atoms with Gasteiger partial charge in [0.2, 0.25) is 0 Å². The van der Waals surface area contributed by atoms with E-state index >= 15 is 0 Å². The van der Waals surface area contributed by atoms with Crippen molar-refractivity contribution in [3.05, 3.63) is 35.5 Å². The van der Waals surface area contributed by atoms with Crippen LogP contribution in [0.1, 0.15) is 31.2 Å². The van der Waals surface area contributed by atoms with E-state index in [9.17, 15) is 5.11 Å². The molecule has 0 aliphatic rings. The lowest BCUT2D eigenvalue weighted by molar-refractivity contribution is 0.194. The van der Waals surface area contributed by atoms with E-state index in [1.807, 2.05) is 38.1 Å². The van der Waals surface area contributed by atoms with Gasteiger partial charge in [-0.1, -0.05) is 0 Å². The Labute approximate surface area is 101 Å². The predicted molar refractivity (Wildman–Crippen MR) is 68.3 cm³/mol. The summed E-state index contributed by atoms with van der Waals surface area (Å²) in [5, 5.41) is 10.6. The summed E-state index contributed by atoms with van der Waals surface area (Å²) in [5.74, 6) is 0.856. The number of aromatic nitrogens is 1. The van der Waals surface area contributed by atoms with Crippen LogP contribution in [-0.2, 0) is 0 Å². The largest absolute Gasteiger partial charge is 0.494 e. The third-order valence-electron chi connectivity index (χ3n) is 2.75. The third-order valence-corrected chi connectivity index (χ3v) is 2.75. The van der Waals surface area contributed by atoms with E-state index in [4.69, 9.17) is 4.74 Å². The minimum Gasteiger partial charge on any atom is -0.494 e. The fourth-order valence-corrected chi connectivity index (χ4v) is 1.87. The van der Waals surface area contributed by atoms with E-state index in [-0.39, 0.29) is 0 Å². The highest BCUT2D eigenvalue weighted by atomic mass is 16.5. The molecule has 17 heavy (non-hydrogen) atoms. The van der Waals surface area contributed by atoms with Gasteiger partial charge in [0.05, 0.1) is 23.9 Å². The zero-order valence-corrected chi connectivity index (χ0v) is 10.4. The molecule has 3 nitrogen and oxygen atoms in total. The number of fused-ring (bicyclic) bond motifs is 1. The summed E-state index contributed by atoms with van der Waals surface area (Å²) in [6.45, 7) is 6.36. The molecule has 90 valence electrons. The second kappa shape index (κ2) is 4.72. The van der Waals surface area contributed by atoms with Crippen molar-refractivity contribution in [3.63, 3.8) is 0 Å². The lowest BCUT2D eigenvalue weighted by Crippen LogP contribution is -1.98. The molecule has 1 N–H and O–H groups in total. The lowest BCUT2D eigenvalue weighted by atomic mass is 10.1. The fraction of sp³-hybridized carbons (Fsp3) is 0.357. The number of ether oxygens (including phenoxy) is 1. The number of rotatable bonds is 3. The second-order valence-electron chi connectivity index (χ2n) is 4.15. The summed E-state index contributed by atoms with van der Waals surface area (Å²) >= 11 is 0. The summed E-state index contributed by atoms with van der Waals surface area (Å²) in [7, 11) is 0. The van der Waals surface area contributed by atoms with Gasteiger partial charge in [0.15, 0.2) is 0 Å². The van der Waals surface area contributed by atoms with Gasteiger partial charge < -0.3 is 9.84 Å². The van der Waals surface area contributed by atoms with E-state index < -0.39 is 6.10 Å². The second-order valence-corrected chi connectivity index (χ2v) is 4.15. The molecule has 1 aromatic carbocycles. The molecule has 1 aromatic heterocycles. The predicted octanol–water partition coefficient (Wildman–Crippen LogP) is 3.00. The van der Waals surface area contributed by atoms with Crippen LogP contribution in [0.15, 0.2) is 24.3 Å². The number of pyridine rings is 1. The SMILES string of the molecule is CCOc1ccc2nc(C(C)O)cc(C)c2c1. The smallest absolute Gasteiger partial charge is 0.120 e. The Morgan fingerprint density at radius 2 is 2.12 bits per heavy atom. The highest BCUT2D eigenvalue weighted by molar-refractivity contribution is 5.83. The first-order chi connectivity index (χ1) is 8.11. The molecule has 3 heteroatoms. The summed E-state index contributed by atoms with van der Waals surface area (Å²) in [5.41, 5.74) is 2.70. The van der Waals surface area contributed by atoms with E-state index in [1.165, 1.54) is 0 Å². The van der Waals surface area contributed by atoms with E-state index in [0.29, 0.717) is 12.3 Å². The average molecular weight is 231 g/mol. The van der Waals surface area contributed by atoms with Crippen molar-refractivity contribution < 1.29 is 9.84 Å². The zero-order valence-electron chi connectivity index (χ0n) is 10.4. The van der Waals surface area contributed by atoms with Crippen molar-refractivity contribution in [1.82, 2.24) is 4.98 Å². The number of benzene rings is 1. The Hall–Kier alpha value is -1.61. The van der Waals surface area contributed by atoms with Gasteiger partial charge in [-0.3, -0.25) is 4.98 Å². The van der Waals surface area contributed by atoms with Gasteiger partial charge in [0, 0.05) is 5.39 Å². The molecule has 0 saturated heterocycles. The third kappa shape index (κ3) is 2.39. The molecule has 1 unspecified atom stereocenters. The molecule has 1 atom stereocenters. The first-order valence-electron chi connectivity index (χ1n) is 5.84. The van der Waals surface area contributed by atoms with Crippen LogP contribution in [0, 0.1) is 6.92 Å². The molecule has 0 radical (unpaired) electrons. The average Bonchev–Trinajstić information content (AvgIpc) is 2.30. The number of aryl methyl sites for hydroxylation is 1. The van der Waals surface area contributed by atoms with Crippen LogP contribution < -0.4 is 4.74 Å². The van der Waals surface area contributed by atoms with Gasteiger partial charge in [0.1, 0.15) is 5.75 Å². The molecule has 0 bridgehead atoms. The molecule has 0 aliphatic heterocycles. The Bertz CT molecular complexity index is 535. The minimum atomic E-state index is -0.537. The van der Waals surface area contributed by atoms with Crippen LogP contribution in [-0.4, -0.2) is 16.7 Å². The van der Waals surface area contributed by atoms with Crippen molar-refractivity contribution in [3.8, 4) is 5.75 Å². The monoisotopic (exact) mass is 231 g/mol. The maximum absolute atomic E-state index is 9.56. The molecule has 2 aromatic rings. The van der Waals surface area contributed by atoms with Gasteiger partial charge >= 0.3 is 0 Å². The van der Waals surface area contributed by atoms with Crippen LogP contribution in [0.2, 0.25) is 0 Å². The molecule has 0 aliphatic carbocycles. The van der Waals surface area contributed by atoms with Gasteiger partial charge in [0.25, 0.3) is 0 Å². The van der Waals surface area contributed by atoms with Crippen molar-refractivity contribution in [2.45, 2.75) is 26.9 Å². The van der Waals surface area contributed by atoms with Crippen molar-refractivity contribution >= 4 is 10.9 Å². The van der Waals surface area contributed by atoms with E-state index in [1.54, 1.807) is 6.92 Å². The molecule has 0 amide bonds. The van der Waals surface area contributed by atoms with Gasteiger partial charge in [-0.25, -0.2) is 0 Å². The van der Waals surface area contributed by atoms with Crippen LogP contribution >= 0.6 is 0 Å². The standard InChI is InChI=1S/C14H17NO2/c1-4-17-11-5-6-13-12(8-11)9(2)7-14(15-13)10(3)16/h5-8,10,16H,4H2,1-3H3. The minimum absolute atomic E-state index is 0.537. The first-order valence-corrected chi connectivity index (χ1v) is 5.84. The molecular formula is C14H17NO2. The molecule has 0 spiro atoms. The van der Waals surface area contributed by atoms with E-state index in [0.717, 1.165) is 22.2 Å². The lowest BCUT2D eigenvalue weighted by Gasteiger charge is -2.10. The van der Waals surface area contributed by atoms with Crippen LogP contribution in [0.25, 0.3) is 10.9 Å². The number of aliphatic hydroxyl groups is 1. The summed E-state index contributed by atoms with van der Waals surface area (Å²) < 4.78 is 5.47. The maximum Gasteiger partial charge on any atom is 0.120 e. The maximum atomic E-state index is 9.56. The summed E-state index contributed by atoms with van der Waals surface area (Å²) in [6.07, 6.45) is -0.537. The molecular weight excluding hydrogens is 214 g/mol. The van der Waals surface area contributed by atoms with Crippen LogP contribution in [0.5, 0.6) is 5.75 Å². The van der Waals surface area contributed by atoms with Crippen LogP contribution in [0.4, 0.5) is 0 Å². The first kappa shape index (κ1) is 11.9. The fourth-order valence-electron chi connectivity index (χ4n) is 1.87. The molecule has 0 saturated carbocycles. The number of aliphatic hydroxyl groups excluding tert-OH is 1. The number of hydrogen-bond donors (Lipinski definition) is 1. The quantitative estimate of drug-likeness (QED) is 0.883. The molecule has 2 rings (SSSR count). The summed E-state index contributed by atoms with van der Waals surface area (Å²) in [4.78, 5) is 4.43. The normalized spacial score (nSPS) is 12.7. The van der Waals surface area contributed by atoms with E-state index in [2.05, 4.69) is 4.98 Å². The van der Waals surface area contributed by atoms with Crippen molar-refractivity contribution in [1.29, 1.82) is 0 Å². The Morgan fingerprint density at radius 3 is 2.76 bits per heavy atom. The van der Waals surface area contributed by atoms with Gasteiger partial charge in [-0.2, -0.15) is 0 Å². The Morgan fingerprint density at radius 1 is 1.35 bits per heavy atom. The topological polar surface area (TPSA) is 42.4 Å². The highest BCUT2D eigenvalue weighted by Gasteiger charge is 2.07.